The van der Waals surface area contributed by atoms with Crippen molar-refractivity contribution in [3.63, 3.8) is 0 Å². The first-order chi connectivity index (χ1) is 11.2. The fourth-order valence-corrected chi connectivity index (χ4v) is 1.83. The number of benzene rings is 1. The van der Waals surface area contributed by atoms with Crippen molar-refractivity contribution in [3.8, 4) is 0 Å². The molecule has 5 heteroatoms. The Morgan fingerprint density at radius 3 is 1.83 bits per heavy atom. The minimum atomic E-state index is -0.456. The summed E-state index contributed by atoms with van der Waals surface area (Å²) in [6.45, 7) is 0. The Morgan fingerprint density at radius 2 is 1.38 bits per heavy atom. The largest absolute Gasteiger partial charge is 2.00 e. The van der Waals surface area contributed by atoms with E-state index in [-0.39, 0.29) is 28.5 Å². The van der Waals surface area contributed by atoms with Gasteiger partial charge in [0.1, 0.15) is 0 Å². The summed E-state index contributed by atoms with van der Waals surface area (Å²) < 4.78 is 0. The van der Waals surface area contributed by atoms with E-state index < -0.39 is 4.92 Å². The van der Waals surface area contributed by atoms with Crippen LogP contribution in [-0.4, -0.2) is 10.7 Å². The molecule has 120 valence electrons. The van der Waals surface area contributed by atoms with E-state index >= 15 is 0 Å². The average molecular weight is 361 g/mol. The van der Waals surface area contributed by atoms with E-state index in [9.17, 15) is 14.9 Å². The summed E-state index contributed by atoms with van der Waals surface area (Å²) in [6, 6.07) is 6.03. The molecule has 4 nitrogen and oxygen atoms in total. The molecule has 0 amide bonds. The van der Waals surface area contributed by atoms with Crippen molar-refractivity contribution in [1.82, 2.24) is 0 Å². The number of hydrogen-bond donors (Lipinski definition) is 0. The van der Waals surface area contributed by atoms with Crippen molar-refractivity contribution < 1.29 is 26.8 Å². The third-order valence-corrected chi connectivity index (χ3v) is 3.03. The maximum absolute atomic E-state index is 11.7. The van der Waals surface area contributed by atoms with E-state index in [1.54, 1.807) is 43.9 Å². The Kier molecular flexibility index (Phi) is 9.58. The molecule has 24 heavy (non-hydrogen) atoms. The molecular weight excluding hydrogens is 346 g/mol. The van der Waals surface area contributed by atoms with E-state index in [1.165, 1.54) is 18.2 Å². The Hall–Kier alpha value is -1.45. The van der Waals surface area contributed by atoms with Crippen LogP contribution in [0.25, 0.3) is 6.08 Å². The Bertz CT molecular complexity index is 537. The van der Waals surface area contributed by atoms with Crippen LogP contribution in [0.5, 0.6) is 0 Å². The molecule has 0 bridgehead atoms. The van der Waals surface area contributed by atoms with Gasteiger partial charge in [0.05, 0.1) is 10.8 Å². The third-order valence-electron chi connectivity index (χ3n) is 3.03. The maximum Gasteiger partial charge on any atom is 2.00 e. The van der Waals surface area contributed by atoms with Gasteiger partial charge in [-0.3, -0.25) is 14.9 Å². The van der Waals surface area contributed by atoms with Crippen LogP contribution in [0.1, 0.15) is 5.56 Å². The van der Waals surface area contributed by atoms with Crippen LogP contribution in [0.2, 0.25) is 0 Å². The normalized spacial score (nSPS) is 17.2. The second-order valence-electron chi connectivity index (χ2n) is 4.68. The first-order valence-corrected chi connectivity index (χ1v) is 7.02. The molecule has 1 aromatic carbocycles. The molecule has 0 aromatic heterocycles. The van der Waals surface area contributed by atoms with Gasteiger partial charge in [0, 0.05) is 12.1 Å². The van der Waals surface area contributed by atoms with Gasteiger partial charge in [-0.1, -0.05) is 6.08 Å². The standard InChI is InChI=1S/C14H10NO3.C5H5.Fe/c16-14(12-3-1-2-4-12)10-7-11-5-8-13(9-6-11)15(17)18;1-2-4-5-3-1;/h1-10H;1-5H;/q;;+2/b10-7+;;. The van der Waals surface area contributed by atoms with Gasteiger partial charge in [0.2, 0.25) is 0 Å². The molecule has 0 spiro atoms. The molecule has 0 heterocycles. The predicted molar refractivity (Wildman–Crippen MR) is 89.1 cm³/mol. The second-order valence-corrected chi connectivity index (χ2v) is 4.68. The maximum atomic E-state index is 11.7. The minimum Gasteiger partial charge on any atom is -0.294 e. The van der Waals surface area contributed by atoms with E-state index in [4.69, 9.17) is 0 Å². The van der Waals surface area contributed by atoms with Crippen molar-refractivity contribution in [1.29, 1.82) is 0 Å². The van der Waals surface area contributed by atoms with Crippen molar-refractivity contribution in [2.75, 3.05) is 0 Å². The van der Waals surface area contributed by atoms with Crippen LogP contribution < -0.4 is 0 Å². The van der Waals surface area contributed by atoms with Crippen LogP contribution in [0.15, 0.2) is 30.3 Å². The monoisotopic (exact) mass is 361 g/mol. The number of nitro benzene ring substituents is 1. The van der Waals surface area contributed by atoms with Gasteiger partial charge >= 0.3 is 17.1 Å². The number of nitrogens with zero attached hydrogens (tertiary/aromatic N) is 1. The number of allylic oxidation sites excluding steroid dienone is 1. The average Bonchev–Trinajstić information content (AvgIpc) is 3.28. The Balaban J connectivity index is 0.000000412. The number of ketones is 1. The van der Waals surface area contributed by atoms with E-state index in [0.717, 1.165) is 5.56 Å². The Labute approximate surface area is 154 Å². The summed E-state index contributed by atoms with van der Waals surface area (Å²) >= 11 is 0. The smallest absolute Gasteiger partial charge is 0.294 e. The number of hydrogen-bond acceptors (Lipinski definition) is 3. The molecule has 10 radical (unpaired) electrons. The van der Waals surface area contributed by atoms with Crippen LogP contribution in [0.3, 0.4) is 0 Å². The van der Waals surface area contributed by atoms with E-state index in [2.05, 4.69) is 0 Å². The first-order valence-electron chi connectivity index (χ1n) is 7.02. The topological polar surface area (TPSA) is 60.2 Å². The molecule has 2 aliphatic carbocycles. The molecule has 0 unspecified atom stereocenters. The molecule has 0 aliphatic heterocycles. The number of carbonyl (C=O) groups is 1. The van der Waals surface area contributed by atoms with Crippen molar-refractivity contribution in [2.45, 2.75) is 0 Å². The van der Waals surface area contributed by atoms with Crippen LogP contribution in [-0.2, 0) is 21.9 Å². The summed E-state index contributed by atoms with van der Waals surface area (Å²) in [7, 11) is 0. The first kappa shape index (κ1) is 20.6. The van der Waals surface area contributed by atoms with E-state index in [0.29, 0.717) is 5.92 Å². The van der Waals surface area contributed by atoms with Crippen molar-refractivity contribution in [2.24, 2.45) is 0 Å². The Morgan fingerprint density at radius 1 is 0.875 bits per heavy atom. The zero-order chi connectivity index (χ0) is 16.5. The third kappa shape index (κ3) is 6.98. The summed E-state index contributed by atoms with van der Waals surface area (Å²) in [5.74, 6) is 0.548. The number of non-ortho nitro benzene ring substituents is 1. The molecule has 2 aliphatic rings. The summed E-state index contributed by atoms with van der Waals surface area (Å²) in [5.41, 5.74) is 0.787. The van der Waals surface area contributed by atoms with Gasteiger partial charge < -0.3 is 0 Å². The fourth-order valence-electron chi connectivity index (χ4n) is 1.83. The molecule has 2 fully saturated rings. The number of rotatable bonds is 4. The molecule has 0 saturated heterocycles. The quantitative estimate of drug-likeness (QED) is 0.356. The van der Waals surface area contributed by atoms with Crippen molar-refractivity contribution >= 4 is 17.5 Å². The van der Waals surface area contributed by atoms with Gasteiger partial charge in [-0.15, -0.1) is 0 Å². The summed E-state index contributed by atoms with van der Waals surface area (Å²) in [5, 5.41) is 10.5. The molecule has 1 aromatic rings. The van der Waals surface area contributed by atoms with Crippen LogP contribution in [0.4, 0.5) is 5.69 Å². The fraction of sp³-hybridized carbons (Fsp3) is 0. The van der Waals surface area contributed by atoms with Crippen molar-refractivity contribution in [3.05, 3.63) is 110 Å². The summed E-state index contributed by atoms with van der Waals surface area (Å²) in [4.78, 5) is 21.7. The van der Waals surface area contributed by atoms with Gasteiger partial charge in [-0.25, -0.2) is 0 Å². The van der Waals surface area contributed by atoms with Gasteiger partial charge in [-0.05, 0) is 81.6 Å². The molecule has 2 saturated carbocycles. The van der Waals surface area contributed by atoms with Crippen LogP contribution in [0, 0.1) is 73.8 Å². The molecule has 0 N–H and O–H groups in total. The molecular formula is C19H15FeNO3+2. The number of nitro groups is 1. The second kappa shape index (κ2) is 11.2. The zero-order valence-corrected chi connectivity index (χ0v) is 13.8. The minimum absolute atomic E-state index is 0. The zero-order valence-electron chi connectivity index (χ0n) is 12.7. The predicted octanol–water partition coefficient (Wildman–Crippen LogP) is 3.60. The SMILES string of the molecule is O=C(/C=C/c1ccc([N+](=O)[O-])cc1)[C]1[CH][CH][CH][CH]1.[CH]1[CH][CH][CH][CH]1.[Fe+2]. The number of carbonyl (C=O) groups excluding carboxylic acids is 1. The van der Waals surface area contributed by atoms with Gasteiger partial charge in [0.25, 0.3) is 5.69 Å². The van der Waals surface area contributed by atoms with Gasteiger partial charge in [0.15, 0.2) is 5.78 Å². The van der Waals surface area contributed by atoms with E-state index in [1.807, 2.05) is 32.1 Å². The van der Waals surface area contributed by atoms with Gasteiger partial charge in [-0.2, -0.15) is 0 Å². The summed E-state index contributed by atoms with van der Waals surface area (Å²) in [6.07, 6.45) is 20.2. The van der Waals surface area contributed by atoms with Crippen LogP contribution >= 0.6 is 0 Å². The molecule has 3 rings (SSSR count). The molecule has 0 atom stereocenters.